The number of benzene rings is 1. The number of methoxy groups -OCH3 is 1. The molecule has 0 saturated carbocycles. The second-order valence-corrected chi connectivity index (χ2v) is 7.57. The predicted octanol–water partition coefficient (Wildman–Crippen LogP) is 2.49. The van der Waals surface area contributed by atoms with Crippen LogP contribution in [-0.2, 0) is 20.8 Å². The van der Waals surface area contributed by atoms with E-state index in [1.807, 2.05) is 30.9 Å². The molecule has 2 atom stereocenters. The quantitative estimate of drug-likeness (QED) is 0.271. The van der Waals surface area contributed by atoms with Crippen molar-refractivity contribution in [3.63, 3.8) is 0 Å². The Morgan fingerprint density at radius 3 is 2.70 bits per heavy atom. The van der Waals surface area contributed by atoms with E-state index in [9.17, 15) is 9.18 Å². The number of aliphatic imine (C=N–C) groups is 1. The number of likely N-dealkylation sites (tertiary alicyclic amines) is 1. The number of nitrogens with one attached hydrogen (secondary N) is 1. The van der Waals surface area contributed by atoms with Crippen molar-refractivity contribution in [1.29, 1.82) is 0 Å². The number of rotatable bonds is 5. The highest BCUT2D eigenvalue weighted by atomic mass is 127. The Labute approximate surface area is 195 Å². The van der Waals surface area contributed by atoms with Crippen molar-refractivity contribution < 1.29 is 18.7 Å². The first-order chi connectivity index (χ1) is 14.0. The lowest BCUT2D eigenvalue weighted by atomic mass is 9.99. The van der Waals surface area contributed by atoms with Crippen LogP contribution in [0.3, 0.4) is 0 Å². The van der Waals surface area contributed by atoms with E-state index in [-0.39, 0.29) is 47.6 Å². The van der Waals surface area contributed by atoms with Crippen molar-refractivity contribution in [1.82, 2.24) is 10.2 Å². The predicted molar refractivity (Wildman–Crippen MR) is 126 cm³/mol. The van der Waals surface area contributed by atoms with Crippen molar-refractivity contribution in [2.75, 3.05) is 57.9 Å². The van der Waals surface area contributed by atoms with Gasteiger partial charge in [-0.15, -0.1) is 24.0 Å². The van der Waals surface area contributed by atoms with Crippen LogP contribution in [0.5, 0.6) is 0 Å². The van der Waals surface area contributed by atoms with Crippen molar-refractivity contribution >= 4 is 41.6 Å². The molecule has 2 unspecified atom stereocenters. The number of esters is 1. The highest BCUT2D eigenvalue weighted by Gasteiger charge is 2.36. The number of ether oxygens (including phenoxy) is 2. The fraction of sp³-hybridized carbons (Fsp3) is 0.619. The molecule has 0 radical (unpaired) electrons. The normalized spacial score (nSPS) is 21.9. The maximum absolute atomic E-state index is 14.6. The molecule has 2 heterocycles. The summed E-state index contributed by atoms with van der Waals surface area (Å²) in [5, 5.41) is 3.28. The van der Waals surface area contributed by atoms with E-state index in [4.69, 9.17) is 9.47 Å². The Morgan fingerprint density at radius 2 is 2.07 bits per heavy atom. The number of anilines is 1. The topological polar surface area (TPSA) is 66.4 Å². The van der Waals surface area contributed by atoms with Gasteiger partial charge in [-0.05, 0) is 30.5 Å². The van der Waals surface area contributed by atoms with E-state index in [2.05, 4.69) is 15.2 Å². The molecule has 0 aromatic heterocycles. The SMILES string of the molecule is CCNC(=NCc1ccc(N2CCOCC2)c(F)c1)N1CC(C)C(C(=O)OC)C1.I. The third-order valence-electron chi connectivity index (χ3n) is 5.53. The molecule has 0 bridgehead atoms. The van der Waals surface area contributed by atoms with Crippen LogP contribution in [0.4, 0.5) is 10.1 Å². The summed E-state index contributed by atoms with van der Waals surface area (Å²) >= 11 is 0. The molecule has 1 N–H and O–H groups in total. The number of halogens is 2. The molecule has 0 amide bonds. The number of carbonyl (C=O) groups is 1. The molecule has 0 aliphatic carbocycles. The van der Waals surface area contributed by atoms with Gasteiger partial charge in [-0.1, -0.05) is 13.0 Å². The molecule has 2 aliphatic heterocycles. The van der Waals surface area contributed by atoms with Crippen LogP contribution < -0.4 is 10.2 Å². The average molecular weight is 534 g/mol. The summed E-state index contributed by atoms with van der Waals surface area (Å²) in [6, 6.07) is 5.30. The van der Waals surface area contributed by atoms with Gasteiger partial charge >= 0.3 is 5.97 Å². The maximum atomic E-state index is 14.6. The van der Waals surface area contributed by atoms with Crippen molar-refractivity contribution in [2.45, 2.75) is 20.4 Å². The van der Waals surface area contributed by atoms with Crippen molar-refractivity contribution in [2.24, 2.45) is 16.8 Å². The maximum Gasteiger partial charge on any atom is 0.310 e. The lowest BCUT2D eigenvalue weighted by Gasteiger charge is -2.29. The van der Waals surface area contributed by atoms with Gasteiger partial charge in [-0.3, -0.25) is 4.79 Å². The molecule has 1 aromatic carbocycles. The molecule has 2 saturated heterocycles. The molecule has 2 aliphatic rings. The van der Waals surface area contributed by atoms with E-state index in [1.165, 1.54) is 7.11 Å². The molecule has 2 fully saturated rings. The molecule has 1 aromatic rings. The number of hydrogen-bond acceptors (Lipinski definition) is 5. The van der Waals surface area contributed by atoms with Crippen LogP contribution in [-0.4, -0.2) is 69.9 Å². The zero-order valence-electron chi connectivity index (χ0n) is 17.9. The van der Waals surface area contributed by atoms with E-state index in [0.717, 1.165) is 24.6 Å². The van der Waals surface area contributed by atoms with E-state index in [0.29, 0.717) is 45.1 Å². The molecule has 7 nitrogen and oxygen atoms in total. The zero-order chi connectivity index (χ0) is 20.8. The van der Waals surface area contributed by atoms with Gasteiger partial charge in [0.15, 0.2) is 5.96 Å². The van der Waals surface area contributed by atoms with Gasteiger partial charge < -0.3 is 24.6 Å². The number of guanidine groups is 1. The Balaban J connectivity index is 0.00000320. The molecule has 30 heavy (non-hydrogen) atoms. The fourth-order valence-corrected chi connectivity index (χ4v) is 3.90. The Bertz CT molecular complexity index is 743. The third-order valence-corrected chi connectivity index (χ3v) is 5.53. The second-order valence-electron chi connectivity index (χ2n) is 7.57. The Morgan fingerprint density at radius 1 is 1.33 bits per heavy atom. The summed E-state index contributed by atoms with van der Waals surface area (Å²) in [5.74, 6) is 0.357. The van der Waals surface area contributed by atoms with E-state index in [1.54, 1.807) is 6.07 Å². The Kier molecular flexibility index (Phi) is 9.60. The number of nitrogens with zero attached hydrogens (tertiary/aromatic N) is 3. The number of morpholine rings is 1. The summed E-state index contributed by atoms with van der Waals surface area (Å²) in [7, 11) is 1.42. The molecule has 0 spiro atoms. The Hall–Kier alpha value is -1.62. The summed E-state index contributed by atoms with van der Waals surface area (Å²) < 4.78 is 24.9. The standard InChI is InChI=1S/C21H31FN4O3.HI/c1-4-23-21(26-13-15(2)17(14-26)20(27)28-3)24-12-16-5-6-19(18(22)11-16)25-7-9-29-10-8-25;/h5-6,11,15,17H,4,7-10,12-14H2,1-3H3,(H,23,24);1H. The van der Waals surface area contributed by atoms with Gasteiger partial charge in [0.25, 0.3) is 0 Å². The zero-order valence-corrected chi connectivity index (χ0v) is 20.2. The van der Waals surface area contributed by atoms with E-state index < -0.39 is 0 Å². The van der Waals surface area contributed by atoms with Crippen LogP contribution >= 0.6 is 24.0 Å². The summed E-state index contributed by atoms with van der Waals surface area (Å²) in [4.78, 5) is 20.7. The van der Waals surface area contributed by atoms with Crippen LogP contribution in [0.2, 0.25) is 0 Å². The smallest absolute Gasteiger partial charge is 0.310 e. The molecule has 3 rings (SSSR count). The van der Waals surface area contributed by atoms with Gasteiger partial charge in [-0.25, -0.2) is 9.38 Å². The fourth-order valence-electron chi connectivity index (χ4n) is 3.90. The average Bonchev–Trinajstić information content (AvgIpc) is 3.12. The highest BCUT2D eigenvalue weighted by Crippen LogP contribution is 2.25. The minimum atomic E-state index is -0.231. The monoisotopic (exact) mass is 534 g/mol. The second kappa shape index (κ2) is 11.7. The summed E-state index contributed by atoms with van der Waals surface area (Å²) in [6.07, 6.45) is 0. The van der Waals surface area contributed by atoms with Gasteiger partial charge in [0.2, 0.25) is 0 Å². The van der Waals surface area contributed by atoms with Gasteiger partial charge in [0, 0.05) is 32.7 Å². The third kappa shape index (κ3) is 5.96. The number of hydrogen-bond donors (Lipinski definition) is 1. The van der Waals surface area contributed by atoms with Crippen LogP contribution in [0.25, 0.3) is 0 Å². The molecular weight excluding hydrogens is 502 g/mol. The van der Waals surface area contributed by atoms with Crippen LogP contribution in [0.1, 0.15) is 19.4 Å². The van der Waals surface area contributed by atoms with Gasteiger partial charge in [0.05, 0.1) is 38.5 Å². The van der Waals surface area contributed by atoms with Crippen molar-refractivity contribution in [3.05, 3.63) is 29.6 Å². The molecule has 168 valence electrons. The van der Waals surface area contributed by atoms with Crippen LogP contribution in [0.15, 0.2) is 23.2 Å². The minimum absolute atomic E-state index is 0. The van der Waals surface area contributed by atoms with E-state index >= 15 is 0 Å². The first kappa shape index (κ1) is 24.6. The summed E-state index contributed by atoms with van der Waals surface area (Å²) in [6.45, 7) is 9.10. The number of carbonyl (C=O) groups excluding carboxylic acids is 1. The largest absolute Gasteiger partial charge is 0.469 e. The van der Waals surface area contributed by atoms with Crippen molar-refractivity contribution in [3.8, 4) is 0 Å². The highest BCUT2D eigenvalue weighted by molar-refractivity contribution is 14.0. The lowest BCUT2D eigenvalue weighted by Crippen LogP contribution is -2.40. The minimum Gasteiger partial charge on any atom is -0.469 e. The van der Waals surface area contributed by atoms with Gasteiger partial charge in [0.1, 0.15) is 5.82 Å². The first-order valence-electron chi connectivity index (χ1n) is 10.3. The first-order valence-corrected chi connectivity index (χ1v) is 10.3. The lowest BCUT2D eigenvalue weighted by molar-refractivity contribution is -0.145. The molecular formula is C21H32FIN4O3. The molecule has 9 heteroatoms. The summed E-state index contributed by atoms with van der Waals surface area (Å²) in [5.41, 5.74) is 1.42. The van der Waals surface area contributed by atoms with Crippen LogP contribution in [0, 0.1) is 17.7 Å². The van der Waals surface area contributed by atoms with Gasteiger partial charge in [-0.2, -0.15) is 0 Å².